The summed E-state index contributed by atoms with van der Waals surface area (Å²) >= 11 is 0. The van der Waals surface area contributed by atoms with Gasteiger partial charge in [-0.1, -0.05) is 66.7 Å². The summed E-state index contributed by atoms with van der Waals surface area (Å²) in [4.78, 5) is 34.0. The van der Waals surface area contributed by atoms with Crippen LogP contribution >= 0.6 is 0 Å². The van der Waals surface area contributed by atoms with Crippen molar-refractivity contribution in [2.75, 3.05) is 13.1 Å². The van der Waals surface area contributed by atoms with Crippen LogP contribution in [0.1, 0.15) is 24.4 Å². The first-order valence-electron chi connectivity index (χ1n) is 12.2. The Labute approximate surface area is 207 Å². The largest absolute Gasteiger partial charge is 0.361 e. The van der Waals surface area contributed by atoms with Crippen LogP contribution in [0, 0.1) is 0 Å². The SMILES string of the molecule is O=c1nc(-c2ccccc2)c(-c2ccc(CN3CCC(n4c(=O)[nH]c5ccccc54)CC3)cc2)n[nH]1. The Morgan fingerprint density at radius 3 is 2.28 bits per heavy atom. The summed E-state index contributed by atoms with van der Waals surface area (Å²) in [7, 11) is 0. The standard InChI is InChI=1S/C28H26N6O2/c35-27-30-25(20-6-2-1-3-7-20)26(31-32-27)21-12-10-19(11-13-21)18-33-16-14-22(15-17-33)34-24-9-5-4-8-23(24)29-28(34)36/h1-13,22H,14-18H2,(H,29,36)(H,30,32,35). The van der Waals surface area contributed by atoms with Gasteiger partial charge in [-0.2, -0.15) is 10.1 Å². The Bertz CT molecular complexity index is 1610. The molecule has 0 bridgehead atoms. The smallest absolute Gasteiger partial charge is 0.306 e. The topological polar surface area (TPSA) is 99.7 Å². The number of likely N-dealkylation sites (tertiary alicyclic amines) is 1. The molecule has 36 heavy (non-hydrogen) atoms. The number of nitrogens with zero attached hydrogens (tertiary/aromatic N) is 4. The molecule has 5 aromatic rings. The normalized spacial score (nSPS) is 14.9. The van der Waals surface area contributed by atoms with Crippen molar-refractivity contribution in [1.82, 2.24) is 29.6 Å². The number of piperidine rings is 1. The predicted molar refractivity (Wildman–Crippen MR) is 140 cm³/mol. The van der Waals surface area contributed by atoms with Crippen LogP contribution in [0.25, 0.3) is 33.5 Å². The van der Waals surface area contributed by atoms with E-state index in [4.69, 9.17) is 0 Å². The number of rotatable bonds is 5. The number of aromatic nitrogens is 5. The van der Waals surface area contributed by atoms with Gasteiger partial charge in [0, 0.05) is 36.8 Å². The van der Waals surface area contributed by atoms with Crippen molar-refractivity contribution in [2.45, 2.75) is 25.4 Å². The quantitative estimate of drug-likeness (QED) is 0.398. The van der Waals surface area contributed by atoms with Gasteiger partial charge in [0.2, 0.25) is 0 Å². The summed E-state index contributed by atoms with van der Waals surface area (Å²) < 4.78 is 1.93. The molecule has 0 spiro atoms. The average molecular weight is 479 g/mol. The average Bonchev–Trinajstić information content (AvgIpc) is 3.26. The molecule has 1 saturated heterocycles. The summed E-state index contributed by atoms with van der Waals surface area (Å²) in [6.45, 7) is 2.71. The molecule has 0 atom stereocenters. The van der Waals surface area contributed by atoms with Crippen LogP contribution in [0.5, 0.6) is 0 Å². The number of imidazole rings is 1. The highest BCUT2D eigenvalue weighted by Gasteiger charge is 2.23. The van der Waals surface area contributed by atoms with Crippen LogP contribution in [0.2, 0.25) is 0 Å². The van der Waals surface area contributed by atoms with Crippen molar-refractivity contribution < 1.29 is 0 Å². The first kappa shape index (κ1) is 22.2. The Morgan fingerprint density at radius 2 is 1.50 bits per heavy atom. The number of hydrogen-bond donors (Lipinski definition) is 2. The predicted octanol–water partition coefficient (Wildman–Crippen LogP) is 3.98. The number of H-pyrrole nitrogens is 2. The fraction of sp³-hybridized carbons (Fsp3) is 0.214. The van der Waals surface area contributed by atoms with Crippen molar-refractivity contribution in [3.05, 3.63) is 105 Å². The van der Waals surface area contributed by atoms with E-state index < -0.39 is 5.69 Å². The first-order chi connectivity index (χ1) is 17.7. The minimum Gasteiger partial charge on any atom is -0.306 e. The molecule has 1 fully saturated rings. The first-order valence-corrected chi connectivity index (χ1v) is 12.2. The van der Waals surface area contributed by atoms with Crippen molar-refractivity contribution in [3.8, 4) is 22.5 Å². The Balaban J connectivity index is 1.16. The van der Waals surface area contributed by atoms with Crippen molar-refractivity contribution in [2.24, 2.45) is 0 Å². The summed E-state index contributed by atoms with van der Waals surface area (Å²) in [6, 6.07) is 26.0. The molecule has 180 valence electrons. The number of nitrogens with one attached hydrogen (secondary N) is 2. The lowest BCUT2D eigenvalue weighted by Gasteiger charge is -2.32. The number of para-hydroxylation sites is 2. The molecular formula is C28H26N6O2. The van der Waals surface area contributed by atoms with Crippen LogP contribution < -0.4 is 11.4 Å². The summed E-state index contributed by atoms with van der Waals surface area (Å²) in [6.07, 6.45) is 1.88. The Kier molecular flexibility index (Phi) is 5.79. The van der Waals surface area contributed by atoms with E-state index in [9.17, 15) is 9.59 Å². The van der Waals surface area contributed by atoms with Gasteiger partial charge in [-0.3, -0.25) is 9.47 Å². The maximum Gasteiger partial charge on any atom is 0.361 e. The maximum atomic E-state index is 12.6. The highest BCUT2D eigenvalue weighted by molar-refractivity contribution is 5.77. The van der Waals surface area contributed by atoms with E-state index in [-0.39, 0.29) is 11.7 Å². The van der Waals surface area contributed by atoms with Gasteiger partial charge in [-0.25, -0.2) is 14.7 Å². The highest BCUT2D eigenvalue weighted by Crippen LogP contribution is 2.29. The van der Waals surface area contributed by atoms with E-state index in [1.54, 1.807) is 0 Å². The number of aromatic amines is 2. The third kappa shape index (κ3) is 4.27. The molecule has 3 heterocycles. The van der Waals surface area contributed by atoms with Gasteiger partial charge >= 0.3 is 11.4 Å². The fourth-order valence-corrected chi connectivity index (χ4v) is 5.13. The molecular weight excluding hydrogens is 452 g/mol. The van der Waals surface area contributed by atoms with E-state index in [2.05, 4.69) is 37.2 Å². The second kappa shape index (κ2) is 9.39. The molecule has 2 aromatic heterocycles. The molecule has 8 nitrogen and oxygen atoms in total. The maximum absolute atomic E-state index is 12.6. The van der Waals surface area contributed by atoms with Gasteiger partial charge in [0.25, 0.3) is 0 Å². The van der Waals surface area contributed by atoms with Crippen LogP contribution in [0.4, 0.5) is 0 Å². The Morgan fingerprint density at radius 1 is 0.806 bits per heavy atom. The lowest BCUT2D eigenvalue weighted by molar-refractivity contribution is 0.180. The molecule has 0 unspecified atom stereocenters. The lowest BCUT2D eigenvalue weighted by Crippen LogP contribution is -2.36. The van der Waals surface area contributed by atoms with Gasteiger partial charge in [-0.05, 0) is 30.5 Å². The third-order valence-corrected chi connectivity index (χ3v) is 6.93. The zero-order chi connectivity index (χ0) is 24.5. The van der Waals surface area contributed by atoms with Crippen molar-refractivity contribution in [1.29, 1.82) is 0 Å². The molecule has 0 saturated carbocycles. The molecule has 1 aliphatic heterocycles. The van der Waals surface area contributed by atoms with Gasteiger partial charge in [0.1, 0.15) is 11.4 Å². The van der Waals surface area contributed by atoms with E-state index in [0.717, 1.165) is 54.6 Å². The van der Waals surface area contributed by atoms with Crippen LogP contribution in [-0.2, 0) is 6.54 Å². The zero-order valence-electron chi connectivity index (χ0n) is 19.7. The van der Waals surface area contributed by atoms with E-state index in [1.165, 1.54) is 5.56 Å². The van der Waals surface area contributed by atoms with Crippen LogP contribution in [0.15, 0.2) is 88.5 Å². The zero-order valence-corrected chi connectivity index (χ0v) is 19.7. The van der Waals surface area contributed by atoms with Gasteiger partial charge < -0.3 is 4.98 Å². The molecule has 6 rings (SSSR count). The second-order valence-electron chi connectivity index (χ2n) is 9.23. The van der Waals surface area contributed by atoms with Crippen LogP contribution in [0.3, 0.4) is 0 Å². The van der Waals surface area contributed by atoms with Gasteiger partial charge in [0.15, 0.2) is 0 Å². The summed E-state index contributed by atoms with van der Waals surface area (Å²) in [5, 5.41) is 6.76. The molecule has 3 aromatic carbocycles. The van der Waals surface area contributed by atoms with Crippen molar-refractivity contribution in [3.63, 3.8) is 0 Å². The molecule has 0 radical (unpaired) electrons. The lowest BCUT2D eigenvalue weighted by atomic mass is 10.0. The monoisotopic (exact) mass is 478 g/mol. The number of fused-ring (bicyclic) bond motifs is 1. The van der Waals surface area contributed by atoms with Crippen molar-refractivity contribution >= 4 is 11.0 Å². The minimum atomic E-state index is -0.465. The minimum absolute atomic E-state index is 0.0227. The van der Waals surface area contributed by atoms with E-state index >= 15 is 0 Å². The third-order valence-electron chi connectivity index (χ3n) is 6.93. The van der Waals surface area contributed by atoms with E-state index in [1.807, 2.05) is 71.3 Å². The highest BCUT2D eigenvalue weighted by atomic mass is 16.1. The molecule has 0 amide bonds. The number of benzene rings is 3. The number of hydrogen-bond acceptors (Lipinski definition) is 5. The van der Waals surface area contributed by atoms with Gasteiger partial charge in [0.05, 0.1) is 11.0 Å². The second-order valence-corrected chi connectivity index (χ2v) is 9.23. The summed E-state index contributed by atoms with van der Waals surface area (Å²) in [5.74, 6) is 0. The fourth-order valence-electron chi connectivity index (χ4n) is 5.13. The summed E-state index contributed by atoms with van der Waals surface area (Å²) in [5.41, 5.74) is 5.58. The van der Waals surface area contributed by atoms with E-state index in [0.29, 0.717) is 11.4 Å². The molecule has 1 aliphatic rings. The molecule has 2 N–H and O–H groups in total. The Hall–Kier alpha value is -4.30. The molecule has 8 heteroatoms. The van der Waals surface area contributed by atoms with Gasteiger partial charge in [-0.15, -0.1) is 0 Å². The molecule has 0 aliphatic carbocycles. The van der Waals surface area contributed by atoms with Crippen LogP contribution in [-0.4, -0.2) is 42.7 Å².